The molecule has 0 radical (unpaired) electrons. The molecule has 0 amide bonds. The van der Waals surface area contributed by atoms with Crippen LogP contribution in [0.5, 0.6) is 11.5 Å². The predicted molar refractivity (Wildman–Crippen MR) is 104 cm³/mol. The van der Waals surface area contributed by atoms with E-state index in [4.69, 9.17) is 19.3 Å². The zero-order valence-electron chi connectivity index (χ0n) is 14.9. The molecule has 1 atom stereocenters. The summed E-state index contributed by atoms with van der Waals surface area (Å²) in [6.45, 7) is 1.68. The molecule has 0 spiro atoms. The van der Waals surface area contributed by atoms with Crippen molar-refractivity contribution in [2.75, 3.05) is 25.8 Å². The number of ketones is 1. The fourth-order valence-electron chi connectivity index (χ4n) is 2.30. The average Bonchev–Trinajstić information content (AvgIpc) is 3.06. The van der Waals surface area contributed by atoms with Gasteiger partial charge in [0, 0.05) is 35.0 Å². The second kappa shape index (κ2) is 10.0. The van der Waals surface area contributed by atoms with Crippen LogP contribution in [-0.2, 0) is 9.53 Å². The second-order valence-corrected chi connectivity index (χ2v) is 7.73. The van der Waals surface area contributed by atoms with E-state index >= 15 is 0 Å². The van der Waals surface area contributed by atoms with Gasteiger partial charge in [0.2, 0.25) is 5.75 Å². The number of thiophene rings is 1. The first-order chi connectivity index (χ1) is 12.9. The first-order valence-corrected chi connectivity index (χ1v) is 10.1. The van der Waals surface area contributed by atoms with Gasteiger partial charge in [-0.2, -0.15) is 0 Å². The van der Waals surface area contributed by atoms with E-state index in [1.165, 1.54) is 20.1 Å². The third-order valence-corrected chi connectivity index (χ3v) is 5.41. The van der Waals surface area contributed by atoms with Crippen LogP contribution in [0.2, 0.25) is 0 Å². The molecule has 2 aromatic rings. The van der Waals surface area contributed by atoms with Crippen LogP contribution in [-0.4, -0.2) is 42.7 Å². The molecule has 9 heteroatoms. The number of ether oxygens (including phenoxy) is 3. The van der Waals surface area contributed by atoms with Gasteiger partial charge < -0.3 is 19.3 Å². The van der Waals surface area contributed by atoms with Crippen LogP contribution in [0.1, 0.15) is 29.4 Å². The van der Waals surface area contributed by atoms with Crippen molar-refractivity contribution in [1.29, 1.82) is 0 Å². The summed E-state index contributed by atoms with van der Waals surface area (Å²) in [6.07, 6.45) is 0.579. The topological polar surface area (TPSA) is 82.1 Å². The quantitative estimate of drug-likeness (QED) is 0.229. The van der Waals surface area contributed by atoms with Crippen LogP contribution in [0, 0.1) is 11.7 Å². The summed E-state index contributed by atoms with van der Waals surface area (Å²) in [7, 11) is 1.42. The molecule has 0 unspecified atom stereocenters. The van der Waals surface area contributed by atoms with E-state index in [9.17, 15) is 14.0 Å². The van der Waals surface area contributed by atoms with Gasteiger partial charge in [0.05, 0.1) is 17.4 Å². The van der Waals surface area contributed by atoms with Crippen molar-refractivity contribution in [2.24, 2.45) is 5.92 Å². The van der Waals surface area contributed by atoms with Crippen LogP contribution < -0.4 is 9.47 Å². The summed E-state index contributed by atoms with van der Waals surface area (Å²) in [5.74, 6) is -2.68. The minimum absolute atomic E-state index is 0.0744. The molecule has 0 bridgehead atoms. The minimum atomic E-state index is -1.05. The van der Waals surface area contributed by atoms with Crippen molar-refractivity contribution in [3.8, 4) is 11.5 Å². The van der Waals surface area contributed by atoms with Crippen molar-refractivity contribution < 1.29 is 33.3 Å². The molecule has 1 heterocycles. The Hall–Kier alpha value is -1.71. The molecule has 6 nitrogen and oxygen atoms in total. The highest BCUT2D eigenvalue weighted by molar-refractivity contribution is 9.09. The Morgan fingerprint density at radius 3 is 2.70 bits per heavy atom. The molecule has 0 saturated carbocycles. The van der Waals surface area contributed by atoms with Gasteiger partial charge in [-0.3, -0.25) is 9.59 Å². The number of rotatable bonds is 11. The van der Waals surface area contributed by atoms with Gasteiger partial charge >= 0.3 is 5.97 Å². The number of carboxylic acids is 1. The maximum Gasteiger partial charge on any atom is 0.306 e. The maximum absolute atomic E-state index is 15.0. The van der Waals surface area contributed by atoms with Crippen molar-refractivity contribution in [2.45, 2.75) is 19.8 Å². The molecule has 1 aromatic heterocycles. The summed E-state index contributed by atoms with van der Waals surface area (Å²) in [6, 6.07) is 3.05. The molecule has 0 aliphatic heterocycles. The van der Waals surface area contributed by atoms with Gasteiger partial charge in [-0.25, -0.2) is 4.39 Å². The number of alkyl halides is 1. The highest BCUT2D eigenvalue weighted by Crippen LogP contribution is 2.40. The molecule has 2 rings (SSSR count). The molecule has 0 saturated heterocycles. The number of aliphatic carboxylic acids is 1. The van der Waals surface area contributed by atoms with Gasteiger partial charge in [-0.15, -0.1) is 11.3 Å². The molecule has 1 aromatic carbocycles. The summed E-state index contributed by atoms with van der Waals surface area (Å²) < 4.78 is 31.3. The lowest BCUT2D eigenvalue weighted by Gasteiger charge is -2.13. The normalized spacial score (nSPS) is 12.1. The maximum atomic E-state index is 15.0. The van der Waals surface area contributed by atoms with Gasteiger partial charge in [-0.1, -0.05) is 22.9 Å². The van der Waals surface area contributed by atoms with Crippen molar-refractivity contribution in [3.63, 3.8) is 0 Å². The lowest BCUT2D eigenvalue weighted by atomic mass is 10.0. The first-order valence-electron chi connectivity index (χ1n) is 8.21. The minimum Gasteiger partial charge on any atom is -0.489 e. The van der Waals surface area contributed by atoms with E-state index in [2.05, 4.69) is 15.9 Å². The number of hydrogen-bond donors (Lipinski definition) is 1. The van der Waals surface area contributed by atoms with E-state index in [1.807, 2.05) is 0 Å². The van der Waals surface area contributed by atoms with E-state index in [0.717, 1.165) is 23.1 Å². The third kappa shape index (κ3) is 5.40. The standard InChI is InChI=1S/C18H20BrFO6S/c1-10(18(22)23)6-12(21)15-7-11-14(27-15)8-13(25-5-3-4-19)17(16(11)20)26-9-24-2/h7-8,10H,3-6,9H2,1-2H3,(H,22,23)/t10-/m0/s1. The van der Waals surface area contributed by atoms with Crippen LogP contribution in [0.4, 0.5) is 4.39 Å². The van der Waals surface area contributed by atoms with Gasteiger partial charge in [0.1, 0.15) is 0 Å². The largest absolute Gasteiger partial charge is 0.489 e. The number of fused-ring (bicyclic) bond motifs is 1. The SMILES string of the molecule is COCOc1c(OCCCBr)cc2sc(C(=O)C[C@H](C)C(=O)O)cc2c1F. The summed E-state index contributed by atoms with van der Waals surface area (Å²) in [5.41, 5.74) is 0. The number of carbonyl (C=O) groups is 2. The predicted octanol–water partition coefficient (Wildman–Crippen LogP) is 4.48. The van der Waals surface area contributed by atoms with Crippen molar-refractivity contribution >= 4 is 49.1 Å². The van der Waals surface area contributed by atoms with Gasteiger partial charge in [0.15, 0.2) is 24.1 Å². The molecule has 27 heavy (non-hydrogen) atoms. The summed E-state index contributed by atoms with van der Waals surface area (Å²) in [4.78, 5) is 23.6. The second-order valence-electron chi connectivity index (χ2n) is 5.85. The Bertz CT molecular complexity index is 822. The Morgan fingerprint density at radius 1 is 1.33 bits per heavy atom. The Kier molecular flexibility index (Phi) is 8.00. The lowest BCUT2D eigenvalue weighted by Crippen LogP contribution is -2.13. The van der Waals surface area contributed by atoms with Gasteiger partial charge in [0.25, 0.3) is 0 Å². The number of carbonyl (C=O) groups excluding carboxylic acids is 1. The molecular weight excluding hydrogens is 443 g/mol. The number of halogens is 2. The fraction of sp³-hybridized carbons (Fsp3) is 0.444. The highest BCUT2D eigenvalue weighted by atomic mass is 79.9. The van der Waals surface area contributed by atoms with Crippen molar-refractivity contribution in [1.82, 2.24) is 0 Å². The summed E-state index contributed by atoms with van der Waals surface area (Å²) in [5, 5.41) is 9.93. The molecule has 0 aliphatic rings. The van der Waals surface area contributed by atoms with Crippen LogP contribution in [0.25, 0.3) is 10.1 Å². The van der Waals surface area contributed by atoms with Crippen molar-refractivity contribution in [3.05, 3.63) is 22.8 Å². The summed E-state index contributed by atoms with van der Waals surface area (Å²) >= 11 is 4.40. The number of Topliss-reactive ketones (excluding diaryl/α,β-unsaturated/α-hetero) is 1. The number of hydrogen-bond acceptors (Lipinski definition) is 6. The zero-order valence-corrected chi connectivity index (χ0v) is 17.3. The molecule has 0 aliphatic carbocycles. The Morgan fingerprint density at radius 2 is 2.07 bits per heavy atom. The monoisotopic (exact) mass is 462 g/mol. The molecular formula is C18H20BrFO6S. The van der Waals surface area contributed by atoms with Crippen LogP contribution in [0.3, 0.4) is 0 Å². The lowest BCUT2D eigenvalue weighted by molar-refractivity contribution is -0.141. The number of carboxylic acid groups (broad SMARTS) is 1. The van der Waals surface area contributed by atoms with E-state index in [-0.39, 0.29) is 35.9 Å². The van der Waals surface area contributed by atoms with E-state index < -0.39 is 17.7 Å². The Balaban J connectivity index is 2.38. The highest BCUT2D eigenvalue weighted by Gasteiger charge is 2.23. The Labute approximate surface area is 168 Å². The van der Waals surface area contributed by atoms with E-state index in [0.29, 0.717) is 16.2 Å². The first kappa shape index (κ1) is 21.6. The number of benzene rings is 1. The van der Waals surface area contributed by atoms with E-state index in [1.54, 1.807) is 6.07 Å². The van der Waals surface area contributed by atoms with Crippen LogP contribution >= 0.6 is 27.3 Å². The zero-order chi connectivity index (χ0) is 20.0. The smallest absolute Gasteiger partial charge is 0.306 e. The molecule has 1 N–H and O–H groups in total. The molecule has 148 valence electrons. The fourth-order valence-corrected chi connectivity index (χ4v) is 3.56. The number of methoxy groups -OCH3 is 1. The third-order valence-electron chi connectivity index (χ3n) is 3.73. The molecule has 0 fully saturated rings. The average molecular weight is 463 g/mol. The van der Waals surface area contributed by atoms with Gasteiger partial charge in [-0.05, 0) is 12.5 Å². The van der Waals surface area contributed by atoms with Crippen LogP contribution in [0.15, 0.2) is 12.1 Å².